The van der Waals surface area contributed by atoms with Crippen molar-refractivity contribution < 1.29 is 14.6 Å². The maximum absolute atomic E-state index is 10.7. The minimum Gasteiger partial charge on any atom is -0.400 e. The number of carbonyl (C=O) groups excluding carboxylic acids is 1. The Morgan fingerprint density at radius 1 is 1.12 bits per heavy atom. The Morgan fingerprint density at radius 3 is 2.38 bits per heavy atom. The number of thioether (sulfide) groups is 2. The van der Waals surface area contributed by atoms with Crippen LogP contribution in [0.15, 0.2) is 52.3 Å². The summed E-state index contributed by atoms with van der Waals surface area (Å²) in [6.45, 7) is 6.29. The van der Waals surface area contributed by atoms with Crippen LogP contribution in [0.2, 0.25) is 0 Å². The molecule has 0 unspecified atom stereocenters. The zero-order valence-corrected chi connectivity index (χ0v) is 22.9. The van der Waals surface area contributed by atoms with Crippen LogP contribution >= 0.6 is 23.5 Å². The first-order chi connectivity index (χ1) is 16.7. The van der Waals surface area contributed by atoms with Crippen molar-refractivity contribution in [3.05, 3.63) is 48.0 Å². The summed E-state index contributed by atoms with van der Waals surface area (Å²) in [5.41, 5.74) is 4.05. The summed E-state index contributed by atoms with van der Waals surface area (Å²) in [4.78, 5) is 15.8. The minimum absolute atomic E-state index is 0.144. The Hall–Kier alpha value is -1.47. The van der Waals surface area contributed by atoms with Gasteiger partial charge in [-0.25, -0.2) is 0 Å². The molecule has 0 amide bonds. The summed E-state index contributed by atoms with van der Waals surface area (Å²) in [6, 6.07) is 15.5. The quantitative estimate of drug-likeness (QED) is 0.186. The second-order valence-corrected chi connectivity index (χ2v) is 10.6. The van der Waals surface area contributed by atoms with E-state index in [1.165, 1.54) is 65.3 Å². The molecule has 6 heteroatoms. The summed E-state index contributed by atoms with van der Waals surface area (Å²) in [5.74, 6) is 1.15. The summed E-state index contributed by atoms with van der Waals surface area (Å²) in [7, 11) is 1.00. The molecule has 0 bridgehead atoms. The average molecular weight is 504 g/mol. The highest BCUT2D eigenvalue weighted by atomic mass is 32.2. The third kappa shape index (κ3) is 7.77. The largest absolute Gasteiger partial charge is 0.400 e. The molecule has 34 heavy (non-hydrogen) atoms. The van der Waals surface area contributed by atoms with Crippen molar-refractivity contribution in [2.24, 2.45) is 5.41 Å². The highest BCUT2D eigenvalue weighted by Gasteiger charge is 2.36. The van der Waals surface area contributed by atoms with Gasteiger partial charge in [-0.05, 0) is 54.3 Å². The Kier molecular flexibility index (Phi) is 13.1. The highest BCUT2D eigenvalue weighted by molar-refractivity contribution is 7.99. The van der Waals surface area contributed by atoms with Crippen LogP contribution in [0.1, 0.15) is 57.9 Å². The van der Waals surface area contributed by atoms with Crippen LogP contribution in [0.5, 0.6) is 0 Å². The van der Waals surface area contributed by atoms with Crippen molar-refractivity contribution in [2.75, 3.05) is 37.2 Å². The predicted molar refractivity (Wildman–Crippen MR) is 148 cm³/mol. The molecule has 0 aromatic heterocycles. The molecule has 0 radical (unpaired) electrons. The van der Waals surface area contributed by atoms with Crippen LogP contribution in [-0.4, -0.2) is 43.7 Å². The first-order valence-corrected chi connectivity index (χ1v) is 14.5. The number of fused-ring (bicyclic) bond motifs is 1. The Morgan fingerprint density at radius 2 is 1.79 bits per heavy atom. The summed E-state index contributed by atoms with van der Waals surface area (Å²) in [6.07, 6.45) is 10.5. The van der Waals surface area contributed by atoms with E-state index in [2.05, 4.69) is 67.5 Å². The number of unbranched alkanes of at least 4 members (excludes halogenated alkanes) is 2. The van der Waals surface area contributed by atoms with E-state index in [0.29, 0.717) is 12.0 Å². The van der Waals surface area contributed by atoms with Gasteiger partial charge in [-0.1, -0.05) is 57.7 Å². The number of para-hydroxylation sites is 1. The number of carbonyl (C=O) groups is 1. The molecule has 1 heterocycles. The second-order valence-electron chi connectivity index (χ2n) is 8.73. The molecule has 2 aromatic carbocycles. The fourth-order valence-electron chi connectivity index (χ4n) is 4.50. The standard InChI is InChI=1S/C27H37NO2S2.CH4O/c1-4-6-13-27(14-7-5-2)20-28(23-11-9-8-10-12-23)24-18-25(31-3)22(19-30-16-15-29)17-26(24)32-21-27;1-2/h8-12,15,17-18H,4-7,13-14,16,19-21H2,1-3H3;2H,1H3. The number of aliphatic hydroxyl groups excluding tert-OH is 1. The predicted octanol–water partition coefficient (Wildman–Crippen LogP) is 7.34. The lowest BCUT2D eigenvalue weighted by Crippen LogP contribution is -2.36. The SMILES string of the molecule is CCCCC1(CCCC)CSc2cc(COCC=O)c(SC)cc2N(c2ccccc2)C1.CO. The van der Waals surface area contributed by atoms with E-state index in [1.807, 2.05) is 11.8 Å². The van der Waals surface area contributed by atoms with Crippen LogP contribution in [-0.2, 0) is 16.1 Å². The molecule has 2 aromatic rings. The Balaban J connectivity index is 0.00000199. The van der Waals surface area contributed by atoms with Crippen LogP contribution in [0, 0.1) is 5.41 Å². The lowest BCUT2D eigenvalue weighted by Gasteiger charge is -2.37. The van der Waals surface area contributed by atoms with Crippen LogP contribution in [0.25, 0.3) is 0 Å². The van der Waals surface area contributed by atoms with Gasteiger partial charge in [0.25, 0.3) is 0 Å². The number of hydrogen-bond donors (Lipinski definition) is 1. The number of hydrogen-bond acceptors (Lipinski definition) is 6. The van der Waals surface area contributed by atoms with Gasteiger partial charge < -0.3 is 19.5 Å². The van der Waals surface area contributed by atoms with Gasteiger partial charge in [0.2, 0.25) is 0 Å². The third-order valence-electron chi connectivity index (χ3n) is 6.31. The summed E-state index contributed by atoms with van der Waals surface area (Å²) in [5, 5.41) is 7.00. The van der Waals surface area contributed by atoms with Crippen LogP contribution in [0.3, 0.4) is 0 Å². The molecule has 0 atom stereocenters. The highest BCUT2D eigenvalue weighted by Crippen LogP contribution is 2.48. The topological polar surface area (TPSA) is 49.8 Å². The van der Waals surface area contributed by atoms with Gasteiger partial charge in [-0.2, -0.15) is 0 Å². The van der Waals surface area contributed by atoms with Gasteiger partial charge in [-0.3, -0.25) is 0 Å². The average Bonchev–Trinajstić information content (AvgIpc) is 3.05. The first-order valence-electron chi connectivity index (χ1n) is 12.3. The molecule has 1 aliphatic heterocycles. The lowest BCUT2D eigenvalue weighted by molar-refractivity contribution is -0.112. The second kappa shape index (κ2) is 15.5. The van der Waals surface area contributed by atoms with Crippen molar-refractivity contribution in [1.29, 1.82) is 0 Å². The molecular formula is C28H41NO3S2. The monoisotopic (exact) mass is 503 g/mol. The Labute approximate surface area is 214 Å². The third-order valence-corrected chi connectivity index (χ3v) is 8.53. The van der Waals surface area contributed by atoms with E-state index >= 15 is 0 Å². The normalized spacial score (nSPS) is 14.6. The molecule has 188 valence electrons. The van der Waals surface area contributed by atoms with Gasteiger partial charge >= 0.3 is 0 Å². The van der Waals surface area contributed by atoms with Crippen molar-refractivity contribution in [3.8, 4) is 0 Å². The van der Waals surface area contributed by atoms with Crippen LogP contribution in [0.4, 0.5) is 11.4 Å². The summed E-state index contributed by atoms with van der Waals surface area (Å²) >= 11 is 3.77. The molecular weight excluding hydrogens is 462 g/mol. The number of aldehydes is 1. The molecule has 0 spiro atoms. The van der Waals surface area contributed by atoms with E-state index in [-0.39, 0.29) is 6.61 Å². The number of nitrogens with zero attached hydrogens (tertiary/aromatic N) is 1. The molecule has 1 aliphatic rings. The van der Waals surface area contributed by atoms with Crippen molar-refractivity contribution >= 4 is 41.2 Å². The number of rotatable bonds is 12. The molecule has 0 aliphatic carbocycles. The van der Waals surface area contributed by atoms with E-state index in [9.17, 15) is 4.79 Å². The van der Waals surface area contributed by atoms with Gasteiger partial charge in [-0.15, -0.1) is 23.5 Å². The molecule has 0 saturated heterocycles. The van der Waals surface area contributed by atoms with Crippen molar-refractivity contribution in [3.63, 3.8) is 0 Å². The molecule has 3 rings (SSSR count). The van der Waals surface area contributed by atoms with Gasteiger partial charge in [0, 0.05) is 34.9 Å². The zero-order chi connectivity index (χ0) is 24.8. The number of anilines is 2. The first kappa shape index (κ1) is 28.8. The van der Waals surface area contributed by atoms with Crippen molar-refractivity contribution in [2.45, 2.75) is 68.8 Å². The van der Waals surface area contributed by atoms with Crippen LogP contribution < -0.4 is 4.90 Å². The van der Waals surface area contributed by atoms with Gasteiger partial charge in [0.1, 0.15) is 12.9 Å². The number of ether oxygens (including phenoxy) is 1. The fraction of sp³-hybridized carbons (Fsp3) is 0.536. The lowest BCUT2D eigenvalue weighted by atomic mass is 9.79. The number of benzene rings is 2. The zero-order valence-electron chi connectivity index (χ0n) is 21.2. The Bertz CT molecular complexity index is 852. The van der Waals surface area contributed by atoms with Gasteiger partial charge in [0.05, 0.1) is 12.3 Å². The summed E-state index contributed by atoms with van der Waals surface area (Å²) < 4.78 is 5.59. The molecule has 0 saturated carbocycles. The van der Waals surface area contributed by atoms with E-state index in [1.54, 1.807) is 11.8 Å². The van der Waals surface area contributed by atoms with Crippen molar-refractivity contribution in [1.82, 2.24) is 0 Å². The molecule has 0 fully saturated rings. The van der Waals surface area contributed by atoms with E-state index in [0.717, 1.165) is 25.7 Å². The maximum atomic E-state index is 10.7. The minimum atomic E-state index is 0.144. The van der Waals surface area contributed by atoms with Gasteiger partial charge in [0.15, 0.2) is 0 Å². The molecule has 4 nitrogen and oxygen atoms in total. The fourth-order valence-corrected chi connectivity index (χ4v) is 6.50. The van der Waals surface area contributed by atoms with E-state index in [4.69, 9.17) is 9.84 Å². The molecule has 1 N–H and O–H groups in total. The number of aliphatic hydroxyl groups is 1. The van der Waals surface area contributed by atoms with E-state index < -0.39 is 0 Å². The smallest absolute Gasteiger partial charge is 0.145 e. The maximum Gasteiger partial charge on any atom is 0.145 e.